The van der Waals surface area contributed by atoms with E-state index >= 15 is 0 Å². The smallest absolute Gasteiger partial charge is 0.304 e. The molecule has 1 heterocycles. The fraction of sp³-hybridized carbons (Fsp3) is 0.667. The van der Waals surface area contributed by atoms with Crippen molar-refractivity contribution in [1.82, 2.24) is 10.2 Å². The maximum atomic E-state index is 12.4. The van der Waals surface area contributed by atoms with E-state index in [1.54, 1.807) is 0 Å². The van der Waals surface area contributed by atoms with E-state index in [9.17, 15) is 19.2 Å². The van der Waals surface area contributed by atoms with Crippen molar-refractivity contribution in [1.29, 1.82) is 0 Å². The van der Waals surface area contributed by atoms with Crippen LogP contribution in [0.25, 0.3) is 0 Å². The summed E-state index contributed by atoms with van der Waals surface area (Å²) in [5, 5.41) is 10.9. The second-order valence-corrected chi connectivity index (χ2v) is 8.54. The van der Waals surface area contributed by atoms with Crippen molar-refractivity contribution in [3.63, 3.8) is 0 Å². The number of nitrogens with two attached hydrogens (primary N) is 1. The predicted molar refractivity (Wildman–Crippen MR) is 102 cm³/mol. The van der Waals surface area contributed by atoms with Crippen LogP contribution < -0.4 is 11.1 Å². The summed E-state index contributed by atoms with van der Waals surface area (Å²) in [6, 6.07) is -0.318. The summed E-state index contributed by atoms with van der Waals surface area (Å²) in [4.78, 5) is 48.4. The normalized spacial score (nSPS) is 20.6. The maximum absolute atomic E-state index is 12.4. The number of carboxylic acids is 1. The second kappa shape index (κ2) is 9.25. The largest absolute Gasteiger partial charge is 0.481 e. The number of aliphatic carboxylic acids is 1. The van der Waals surface area contributed by atoms with E-state index < -0.39 is 28.9 Å². The molecule has 2 aliphatic rings. The van der Waals surface area contributed by atoms with E-state index in [1.165, 1.54) is 0 Å². The number of allylic oxidation sites excluding steroid dienone is 1. The van der Waals surface area contributed by atoms with Crippen molar-refractivity contribution in [3.05, 3.63) is 11.3 Å². The molecule has 2 atom stereocenters. The fourth-order valence-electron chi connectivity index (χ4n) is 3.07. The van der Waals surface area contributed by atoms with E-state index in [2.05, 4.69) is 5.32 Å². The van der Waals surface area contributed by atoms with Gasteiger partial charge in [0.2, 0.25) is 17.7 Å². The molecule has 0 aromatic carbocycles. The van der Waals surface area contributed by atoms with Crippen molar-refractivity contribution < 1.29 is 24.3 Å². The summed E-state index contributed by atoms with van der Waals surface area (Å²) >= 11 is 1.14. The number of thioether (sulfide) groups is 1. The van der Waals surface area contributed by atoms with Crippen LogP contribution in [0.4, 0.5) is 0 Å². The van der Waals surface area contributed by atoms with Gasteiger partial charge in [0.1, 0.15) is 6.54 Å². The van der Waals surface area contributed by atoms with Gasteiger partial charge < -0.3 is 16.2 Å². The van der Waals surface area contributed by atoms with Crippen molar-refractivity contribution >= 4 is 35.5 Å². The first-order chi connectivity index (χ1) is 12.7. The van der Waals surface area contributed by atoms with Gasteiger partial charge in [-0.25, -0.2) is 0 Å². The van der Waals surface area contributed by atoms with Gasteiger partial charge in [0, 0.05) is 17.9 Å². The van der Waals surface area contributed by atoms with Crippen LogP contribution in [-0.2, 0) is 19.2 Å². The minimum absolute atomic E-state index is 0.00377. The molecule has 0 aromatic heterocycles. The zero-order chi connectivity index (χ0) is 20.1. The molecule has 0 aromatic rings. The van der Waals surface area contributed by atoms with Crippen molar-refractivity contribution in [2.75, 3.05) is 12.3 Å². The number of hydrogen-bond donors (Lipinski definition) is 3. The lowest BCUT2D eigenvalue weighted by Gasteiger charge is -2.29. The van der Waals surface area contributed by atoms with E-state index in [1.807, 2.05) is 13.8 Å². The van der Waals surface area contributed by atoms with Gasteiger partial charge in [0.15, 0.2) is 0 Å². The van der Waals surface area contributed by atoms with Gasteiger partial charge in [-0.05, 0) is 30.8 Å². The molecule has 0 radical (unpaired) electrons. The molecule has 1 saturated heterocycles. The Labute approximate surface area is 162 Å². The highest BCUT2D eigenvalue weighted by molar-refractivity contribution is 8.00. The quantitative estimate of drug-likeness (QED) is 0.492. The lowest BCUT2D eigenvalue weighted by molar-refractivity contribution is -0.142. The summed E-state index contributed by atoms with van der Waals surface area (Å²) in [5.74, 6) is -1.88. The summed E-state index contributed by atoms with van der Waals surface area (Å²) in [7, 11) is 0. The minimum Gasteiger partial charge on any atom is -0.481 e. The number of imide groups is 1. The number of carbonyl (C=O) groups is 4. The lowest BCUT2D eigenvalue weighted by atomic mass is 9.86. The van der Waals surface area contributed by atoms with E-state index in [-0.39, 0.29) is 37.1 Å². The summed E-state index contributed by atoms with van der Waals surface area (Å²) < 4.78 is 0. The van der Waals surface area contributed by atoms with Crippen LogP contribution in [-0.4, -0.2) is 57.3 Å². The molecule has 27 heavy (non-hydrogen) atoms. The number of carboxylic acid groups (broad SMARTS) is 1. The van der Waals surface area contributed by atoms with E-state index in [4.69, 9.17) is 10.8 Å². The minimum atomic E-state index is -0.951. The van der Waals surface area contributed by atoms with Crippen LogP contribution in [0.3, 0.4) is 0 Å². The van der Waals surface area contributed by atoms with Crippen LogP contribution in [0.1, 0.15) is 46.0 Å². The molecular formula is C18H27N3O5S. The Morgan fingerprint density at radius 1 is 1.33 bits per heavy atom. The Balaban J connectivity index is 1.93. The zero-order valence-electron chi connectivity index (χ0n) is 15.7. The second-order valence-electron chi connectivity index (χ2n) is 7.23. The predicted octanol–water partition coefficient (Wildman–Crippen LogP) is 0.859. The summed E-state index contributed by atoms with van der Waals surface area (Å²) in [6.45, 7) is 3.58. The molecule has 1 aliphatic heterocycles. The average molecular weight is 397 g/mol. The molecule has 1 saturated carbocycles. The molecule has 8 nitrogen and oxygen atoms in total. The number of nitrogens with zero attached hydrogens (tertiary/aromatic N) is 1. The standard InChI is InChI=1S/C18H27N3O5S/c1-10(2)17(16(19)11-4-3-5-11)20-13(22)9-21-14(23)8-12(18(21)26)27-7-6-15(24)25/h10,12,17H,3-9,19H2,1-2H3,(H,20,22)(H,24,25). The highest BCUT2D eigenvalue weighted by atomic mass is 32.2. The Morgan fingerprint density at radius 2 is 2.00 bits per heavy atom. The first kappa shape index (κ1) is 21.3. The van der Waals surface area contributed by atoms with Gasteiger partial charge in [0.25, 0.3) is 0 Å². The Bertz CT molecular complexity index is 655. The number of likely N-dealkylation sites (tertiary alicyclic amines) is 1. The van der Waals surface area contributed by atoms with Crippen molar-refractivity contribution in [2.24, 2.45) is 11.7 Å². The number of amides is 3. The fourth-order valence-corrected chi connectivity index (χ4v) is 4.17. The van der Waals surface area contributed by atoms with Crippen molar-refractivity contribution in [2.45, 2.75) is 57.2 Å². The Hall–Kier alpha value is -2.03. The van der Waals surface area contributed by atoms with E-state index in [0.29, 0.717) is 5.70 Å². The van der Waals surface area contributed by atoms with Gasteiger partial charge in [0.05, 0.1) is 17.7 Å². The van der Waals surface area contributed by atoms with Crippen LogP contribution in [0.15, 0.2) is 11.3 Å². The van der Waals surface area contributed by atoms with E-state index in [0.717, 1.165) is 41.5 Å². The maximum Gasteiger partial charge on any atom is 0.304 e. The van der Waals surface area contributed by atoms with Gasteiger partial charge in [-0.3, -0.25) is 24.1 Å². The van der Waals surface area contributed by atoms with Crippen LogP contribution in [0.5, 0.6) is 0 Å². The Morgan fingerprint density at radius 3 is 2.52 bits per heavy atom. The average Bonchev–Trinajstić information content (AvgIpc) is 2.78. The summed E-state index contributed by atoms with van der Waals surface area (Å²) in [6.07, 6.45) is 2.92. The highest BCUT2D eigenvalue weighted by Crippen LogP contribution is 2.29. The molecule has 9 heteroatoms. The number of carbonyl (C=O) groups excluding carboxylic acids is 3. The number of nitrogens with one attached hydrogen (secondary N) is 1. The third-order valence-corrected chi connectivity index (χ3v) is 6.03. The molecule has 1 aliphatic carbocycles. The molecule has 2 unspecified atom stereocenters. The number of hydrogen-bond acceptors (Lipinski definition) is 6. The third-order valence-electron chi connectivity index (χ3n) is 4.82. The molecule has 2 rings (SSSR count). The molecule has 0 bridgehead atoms. The molecule has 4 N–H and O–H groups in total. The number of rotatable bonds is 9. The topological polar surface area (TPSA) is 130 Å². The van der Waals surface area contributed by atoms with Crippen LogP contribution in [0, 0.1) is 5.92 Å². The first-order valence-corrected chi connectivity index (χ1v) is 10.2. The monoisotopic (exact) mass is 397 g/mol. The zero-order valence-corrected chi connectivity index (χ0v) is 16.5. The molecular weight excluding hydrogens is 370 g/mol. The Kier molecular flexibility index (Phi) is 7.29. The molecule has 3 amide bonds. The highest BCUT2D eigenvalue weighted by Gasteiger charge is 2.40. The van der Waals surface area contributed by atoms with Crippen LogP contribution >= 0.6 is 11.8 Å². The molecule has 150 valence electrons. The van der Waals surface area contributed by atoms with Gasteiger partial charge in [-0.1, -0.05) is 13.8 Å². The SMILES string of the molecule is CC(C)C(NC(=O)CN1C(=O)CC(SCCC(=O)O)C1=O)C(N)=C1CCC1. The summed E-state index contributed by atoms with van der Waals surface area (Å²) in [5.41, 5.74) is 8.05. The molecule has 2 fully saturated rings. The van der Waals surface area contributed by atoms with Crippen molar-refractivity contribution in [3.8, 4) is 0 Å². The lowest BCUT2D eigenvalue weighted by Crippen LogP contribution is -2.48. The first-order valence-electron chi connectivity index (χ1n) is 9.15. The molecule has 0 spiro atoms. The van der Waals surface area contributed by atoms with Gasteiger partial charge in [-0.15, -0.1) is 11.8 Å². The van der Waals surface area contributed by atoms with Gasteiger partial charge >= 0.3 is 5.97 Å². The van der Waals surface area contributed by atoms with Crippen LogP contribution in [0.2, 0.25) is 0 Å². The van der Waals surface area contributed by atoms with Gasteiger partial charge in [-0.2, -0.15) is 0 Å². The third kappa shape index (κ3) is 5.47.